The number of carbonyl (C=O) groups is 2. The predicted molar refractivity (Wildman–Crippen MR) is 75.4 cm³/mol. The van der Waals surface area contributed by atoms with E-state index in [2.05, 4.69) is 14.8 Å². The fourth-order valence-corrected chi connectivity index (χ4v) is 1.73. The van der Waals surface area contributed by atoms with Crippen molar-refractivity contribution < 1.29 is 19.1 Å². The van der Waals surface area contributed by atoms with Crippen LogP contribution in [0, 0.1) is 0 Å². The van der Waals surface area contributed by atoms with E-state index in [0.29, 0.717) is 12.0 Å². The molecular formula is C15H21NO4. The summed E-state index contributed by atoms with van der Waals surface area (Å²) in [6.45, 7) is 1.58. The van der Waals surface area contributed by atoms with Crippen LogP contribution in [0.15, 0.2) is 24.3 Å². The van der Waals surface area contributed by atoms with Crippen LogP contribution in [0.1, 0.15) is 35.2 Å². The van der Waals surface area contributed by atoms with E-state index in [1.165, 1.54) is 14.2 Å². The van der Waals surface area contributed by atoms with Crippen LogP contribution in [0.3, 0.4) is 0 Å². The third kappa shape index (κ3) is 5.84. The first-order valence-corrected chi connectivity index (χ1v) is 6.62. The number of benzene rings is 1. The third-order valence-corrected chi connectivity index (χ3v) is 2.92. The zero-order valence-electron chi connectivity index (χ0n) is 12.0. The number of esters is 2. The van der Waals surface area contributed by atoms with Gasteiger partial charge < -0.3 is 14.8 Å². The molecule has 1 aromatic rings. The lowest BCUT2D eigenvalue weighted by atomic mass is 10.1. The normalized spacial score (nSPS) is 10.1. The molecular weight excluding hydrogens is 258 g/mol. The Balaban J connectivity index is 2.19. The Morgan fingerprint density at radius 3 is 2.35 bits per heavy atom. The average molecular weight is 279 g/mol. The lowest BCUT2D eigenvalue weighted by Gasteiger charge is -2.05. The number of unbranched alkanes of at least 4 members (excludes halogenated alkanes) is 1. The van der Waals surface area contributed by atoms with Gasteiger partial charge in [-0.3, -0.25) is 4.79 Å². The summed E-state index contributed by atoms with van der Waals surface area (Å²) in [5, 5.41) is 3.29. The Morgan fingerprint density at radius 1 is 1.05 bits per heavy atom. The van der Waals surface area contributed by atoms with Crippen molar-refractivity contribution in [3.8, 4) is 0 Å². The molecule has 1 rings (SSSR count). The maximum Gasteiger partial charge on any atom is 0.337 e. The standard InChI is InChI=1S/C15H21NO4/c1-19-14(17)5-3-4-10-16-11-12-6-8-13(9-7-12)15(18)20-2/h6-9,16H,3-5,10-11H2,1-2H3. The molecule has 0 bridgehead atoms. The van der Waals surface area contributed by atoms with Crippen molar-refractivity contribution in [3.05, 3.63) is 35.4 Å². The summed E-state index contributed by atoms with van der Waals surface area (Å²) in [5.74, 6) is -0.490. The highest BCUT2D eigenvalue weighted by Crippen LogP contribution is 2.05. The summed E-state index contributed by atoms with van der Waals surface area (Å²) in [5.41, 5.74) is 1.65. The van der Waals surface area contributed by atoms with Crippen LogP contribution in [0.5, 0.6) is 0 Å². The van der Waals surface area contributed by atoms with Crippen LogP contribution in [0.25, 0.3) is 0 Å². The van der Waals surface area contributed by atoms with Gasteiger partial charge >= 0.3 is 11.9 Å². The first-order valence-electron chi connectivity index (χ1n) is 6.62. The van der Waals surface area contributed by atoms with E-state index in [-0.39, 0.29) is 11.9 Å². The summed E-state index contributed by atoms with van der Waals surface area (Å²) in [7, 11) is 2.77. The molecule has 0 heterocycles. The molecule has 0 fully saturated rings. The van der Waals surface area contributed by atoms with Crippen molar-refractivity contribution in [1.29, 1.82) is 0 Å². The molecule has 0 atom stereocenters. The number of ether oxygens (including phenoxy) is 2. The van der Waals surface area contributed by atoms with Crippen LogP contribution < -0.4 is 5.32 Å². The molecule has 1 aromatic carbocycles. The topological polar surface area (TPSA) is 64.6 Å². The lowest BCUT2D eigenvalue weighted by molar-refractivity contribution is -0.140. The molecule has 0 aromatic heterocycles. The first kappa shape index (κ1) is 16.2. The largest absolute Gasteiger partial charge is 0.469 e. The summed E-state index contributed by atoms with van der Waals surface area (Å²) in [4.78, 5) is 22.2. The van der Waals surface area contributed by atoms with Crippen LogP contribution in [-0.2, 0) is 20.8 Å². The lowest BCUT2D eigenvalue weighted by Crippen LogP contribution is -2.15. The van der Waals surface area contributed by atoms with Gasteiger partial charge in [-0.25, -0.2) is 4.79 Å². The second-order valence-electron chi connectivity index (χ2n) is 4.40. The Kier molecular flexibility index (Phi) is 7.35. The Morgan fingerprint density at radius 2 is 1.75 bits per heavy atom. The Hall–Kier alpha value is -1.88. The molecule has 0 spiro atoms. The fraction of sp³-hybridized carbons (Fsp3) is 0.467. The molecule has 5 nitrogen and oxygen atoms in total. The van der Waals surface area contributed by atoms with Crippen molar-refractivity contribution >= 4 is 11.9 Å². The van der Waals surface area contributed by atoms with Gasteiger partial charge in [0.05, 0.1) is 19.8 Å². The minimum Gasteiger partial charge on any atom is -0.469 e. The van der Waals surface area contributed by atoms with Gasteiger partial charge in [-0.2, -0.15) is 0 Å². The first-order chi connectivity index (χ1) is 9.67. The van der Waals surface area contributed by atoms with Gasteiger partial charge in [0.25, 0.3) is 0 Å². The fourth-order valence-electron chi connectivity index (χ4n) is 1.73. The monoisotopic (exact) mass is 279 g/mol. The van der Waals surface area contributed by atoms with Gasteiger partial charge in [0.1, 0.15) is 0 Å². The molecule has 0 saturated heterocycles. The maximum absolute atomic E-state index is 11.3. The summed E-state index contributed by atoms with van der Waals surface area (Å²) in [6.07, 6.45) is 2.21. The second kappa shape index (κ2) is 9.09. The van der Waals surface area contributed by atoms with E-state index in [0.717, 1.165) is 31.5 Å². The number of methoxy groups -OCH3 is 2. The Bertz CT molecular complexity index is 428. The van der Waals surface area contributed by atoms with Crippen LogP contribution in [-0.4, -0.2) is 32.7 Å². The molecule has 0 amide bonds. The van der Waals surface area contributed by atoms with Gasteiger partial charge in [0, 0.05) is 13.0 Å². The van der Waals surface area contributed by atoms with E-state index >= 15 is 0 Å². The SMILES string of the molecule is COC(=O)CCCCNCc1ccc(C(=O)OC)cc1. The molecule has 20 heavy (non-hydrogen) atoms. The molecule has 5 heteroatoms. The molecule has 0 aliphatic rings. The zero-order valence-corrected chi connectivity index (χ0v) is 12.0. The molecule has 110 valence electrons. The van der Waals surface area contributed by atoms with Crippen LogP contribution >= 0.6 is 0 Å². The zero-order chi connectivity index (χ0) is 14.8. The molecule has 0 aliphatic heterocycles. The van der Waals surface area contributed by atoms with E-state index in [1.54, 1.807) is 12.1 Å². The minimum absolute atomic E-state index is 0.164. The van der Waals surface area contributed by atoms with Gasteiger partial charge in [-0.15, -0.1) is 0 Å². The smallest absolute Gasteiger partial charge is 0.337 e. The number of hydrogen-bond donors (Lipinski definition) is 1. The molecule has 0 saturated carbocycles. The Labute approximate surface area is 119 Å². The van der Waals surface area contributed by atoms with Crippen molar-refractivity contribution in [1.82, 2.24) is 5.32 Å². The second-order valence-corrected chi connectivity index (χ2v) is 4.40. The van der Waals surface area contributed by atoms with Gasteiger partial charge in [0.2, 0.25) is 0 Å². The van der Waals surface area contributed by atoms with Crippen LogP contribution in [0.2, 0.25) is 0 Å². The number of rotatable bonds is 8. The molecule has 0 aliphatic carbocycles. The van der Waals surface area contributed by atoms with Gasteiger partial charge in [-0.05, 0) is 37.1 Å². The number of hydrogen-bond acceptors (Lipinski definition) is 5. The van der Waals surface area contributed by atoms with Crippen LogP contribution in [0.4, 0.5) is 0 Å². The highest BCUT2D eigenvalue weighted by molar-refractivity contribution is 5.89. The number of nitrogens with one attached hydrogen (secondary N) is 1. The predicted octanol–water partition coefficient (Wildman–Crippen LogP) is 1.91. The molecule has 1 N–H and O–H groups in total. The van der Waals surface area contributed by atoms with Gasteiger partial charge in [-0.1, -0.05) is 12.1 Å². The highest BCUT2D eigenvalue weighted by Gasteiger charge is 2.04. The van der Waals surface area contributed by atoms with E-state index in [4.69, 9.17) is 0 Å². The highest BCUT2D eigenvalue weighted by atomic mass is 16.5. The average Bonchev–Trinajstić information content (AvgIpc) is 2.50. The molecule has 0 unspecified atom stereocenters. The quantitative estimate of drug-likeness (QED) is 0.581. The van der Waals surface area contributed by atoms with Gasteiger partial charge in [0.15, 0.2) is 0 Å². The maximum atomic E-state index is 11.3. The summed E-state index contributed by atoms with van der Waals surface area (Å²) >= 11 is 0. The molecule has 0 radical (unpaired) electrons. The van der Waals surface area contributed by atoms with E-state index in [9.17, 15) is 9.59 Å². The van der Waals surface area contributed by atoms with Crippen molar-refractivity contribution in [2.45, 2.75) is 25.8 Å². The summed E-state index contributed by atoms with van der Waals surface area (Å²) < 4.78 is 9.21. The van der Waals surface area contributed by atoms with E-state index in [1.807, 2.05) is 12.1 Å². The van der Waals surface area contributed by atoms with Crippen molar-refractivity contribution in [2.24, 2.45) is 0 Å². The third-order valence-electron chi connectivity index (χ3n) is 2.92. The van der Waals surface area contributed by atoms with Crippen molar-refractivity contribution in [2.75, 3.05) is 20.8 Å². The summed E-state index contributed by atoms with van der Waals surface area (Å²) in [6, 6.07) is 7.29. The number of carbonyl (C=O) groups excluding carboxylic acids is 2. The minimum atomic E-state index is -0.327. The van der Waals surface area contributed by atoms with Crippen molar-refractivity contribution in [3.63, 3.8) is 0 Å². The van der Waals surface area contributed by atoms with E-state index < -0.39 is 0 Å².